The highest BCUT2D eigenvalue weighted by Gasteiger charge is 2.40. The number of nitrogens with zero attached hydrogens (tertiary/aromatic N) is 1. The summed E-state index contributed by atoms with van der Waals surface area (Å²) in [5.74, 6) is -4.07. The highest BCUT2D eigenvalue weighted by molar-refractivity contribution is 5.30. The minimum Gasteiger partial charge on any atom is -0.300 e. The Balaban J connectivity index is 2.22. The molecule has 6 heteroatoms. The molecule has 0 aliphatic rings. The van der Waals surface area contributed by atoms with Gasteiger partial charge < -0.3 is 5.32 Å². The van der Waals surface area contributed by atoms with Crippen LogP contribution in [-0.2, 0) is 0 Å². The van der Waals surface area contributed by atoms with Gasteiger partial charge in [0.05, 0.1) is 12.6 Å². The van der Waals surface area contributed by atoms with E-state index < -0.39 is 24.9 Å². The van der Waals surface area contributed by atoms with Crippen LogP contribution in [-0.4, -0.2) is 23.9 Å². The molecular formula is C15H14F4N2. The molecule has 2 aromatic rings. The molecule has 0 amide bonds. The van der Waals surface area contributed by atoms with Gasteiger partial charge in [-0.25, -0.2) is 8.78 Å². The zero-order chi connectivity index (χ0) is 15.3. The maximum absolute atomic E-state index is 13.1. The molecular weight excluding hydrogens is 284 g/mol. The molecule has 1 heterocycles. The third-order valence-corrected chi connectivity index (χ3v) is 3.03. The first-order valence-electron chi connectivity index (χ1n) is 6.35. The van der Waals surface area contributed by atoms with Crippen LogP contribution in [0, 0.1) is 0 Å². The number of alkyl halides is 4. The molecule has 2 rings (SSSR count). The molecule has 1 aromatic heterocycles. The van der Waals surface area contributed by atoms with Crippen LogP contribution in [0.1, 0.15) is 17.2 Å². The van der Waals surface area contributed by atoms with Crippen LogP contribution in [0.25, 0.3) is 0 Å². The third-order valence-electron chi connectivity index (χ3n) is 3.03. The molecule has 0 saturated carbocycles. The Bertz CT molecular complexity index is 507. The molecule has 21 heavy (non-hydrogen) atoms. The average Bonchev–Trinajstić information content (AvgIpc) is 2.49. The van der Waals surface area contributed by atoms with E-state index in [9.17, 15) is 17.6 Å². The molecule has 0 aliphatic heterocycles. The van der Waals surface area contributed by atoms with E-state index in [0.717, 1.165) is 0 Å². The van der Waals surface area contributed by atoms with Crippen LogP contribution in [0.4, 0.5) is 17.6 Å². The Morgan fingerprint density at radius 2 is 1.52 bits per heavy atom. The summed E-state index contributed by atoms with van der Waals surface area (Å²) in [5, 5.41) is 2.52. The van der Waals surface area contributed by atoms with Gasteiger partial charge in [0.2, 0.25) is 0 Å². The molecule has 0 radical (unpaired) electrons. The molecule has 2 nitrogen and oxygen atoms in total. The number of rotatable bonds is 6. The molecule has 1 aromatic carbocycles. The summed E-state index contributed by atoms with van der Waals surface area (Å²) >= 11 is 0. The predicted molar refractivity (Wildman–Crippen MR) is 71.5 cm³/mol. The van der Waals surface area contributed by atoms with Crippen molar-refractivity contribution in [3.8, 4) is 0 Å². The van der Waals surface area contributed by atoms with Gasteiger partial charge in [0.1, 0.15) is 0 Å². The van der Waals surface area contributed by atoms with Crippen LogP contribution in [0.5, 0.6) is 0 Å². The third kappa shape index (κ3) is 4.01. The van der Waals surface area contributed by atoms with Crippen molar-refractivity contribution in [2.45, 2.75) is 18.4 Å². The summed E-state index contributed by atoms with van der Waals surface area (Å²) in [6, 6.07) is 11.5. The maximum atomic E-state index is 13.1. The van der Waals surface area contributed by atoms with Crippen LogP contribution >= 0.6 is 0 Å². The number of pyridine rings is 1. The fourth-order valence-electron chi connectivity index (χ4n) is 1.94. The van der Waals surface area contributed by atoms with Gasteiger partial charge in [0.15, 0.2) is 0 Å². The van der Waals surface area contributed by atoms with Crippen molar-refractivity contribution in [1.29, 1.82) is 0 Å². The highest BCUT2D eigenvalue weighted by Crippen LogP contribution is 2.26. The van der Waals surface area contributed by atoms with E-state index in [-0.39, 0.29) is 0 Å². The normalized spacial score (nSPS) is 13.4. The minimum atomic E-state index is -4.07. The number of hydrogen-bond acceptors (Lipinski definition) is 2. The fourth-order valence-corrected chi connectivity index (χ4v) is 1.94. The Morgan fingerprint density at radius 3 is 2.10 bits per heavy atom. The van der Waals surface area contributed by atoms with Crippen molar-refractivity contribution in [2.24, 2.45) is 0 Å². The summed E-state index contributed by atoms with van der Waals surface area (Å²) in [5.41, 5.74) is 1.40. The zero-order valence-corrected chi connectivity index (χ0v) is 11.0. The molecule has 1 atom stereocenters. The molecule has 0 aliphatic carbocycles. The van der Waals surface area contributed by atoms with Gasteiger partial charge in [-0.1, -0.05) is 30.3 Å². The van der Waals surface area contributed by atoms with Gasteiger partial charge in [0.25, 0.3) is 0 Å². The van der Waals surface area contributed by atoms with E-state index >= 15 is 0 Å². The summed E-state index contributed by atoms with van der Waals surface area (Å²) in [7, 11) is 0. The van der Waals surface area contributed by atoms with Gasteiger partial charge in [-0.2, -0.15) is 8.78 Å². The first-order chi connectivity index (χ1) is 10.0. The highest BCUT2D eigenvalue weighted by atomic mass is 19.3. The molecule has 0 spiro atoms. The second kappa shape index (κ2) is 6.67. The number of halogens is 4. The Morgan fingerprint density at radius 1 is 0.952 bits per heavy atom. The zero-order valence-electron chi connectivity index (χ0n) is 11.0. The van der Waals surface area contributed by atoms with E-state index in [2.05, 4.69) is 10.3 Å². The SMILES string of the molecule is FC(F)C(F)(F)CNC(c1ccccc1)c1ccncc1. The second-order valence-corrected chi connectivity index (χ2v) is 4.57. The van der Waals surface area contributed by atoms with Crippen LogP contribution in [0.2, 0.25) is 0 Å². The van der Waals surface area contributed by atoms with E-state index in [4.69, 9.17) is 0 Å². The van der Waals surface area contributed by atoms with E-state index in [0.29, 0.717) is 11.1 Å². The number of hydrogen-bond donors (Lipinski definition) is 1. The number of nitrogens with one attached hydrogen (secondary N) is 1. The summed E-state index contributed by atoms with van der Waals surface area (Å²) < 4.78 is 50.8. The van der Waals surface area contributed by atoms with Gasteiger partial charge in [-0.15, -0.1) is 0 Å². The van der Waals surface area contributed by atoms with E-state index in [1.807, 2.05) is 0 Å². The van der Waals surface area contributed by atoms with Gasteiger partial charge in [-0.3, -0.25) is 4.98 Å². The standard InChI is InChI=1S/C15H14F4N2/c16-14(17)15(18,19)10-21-13(11-4-2-1-3-5-11)12-6-8-20-9-7-12/h1-9,13-14,21H,10H2. The molecule has 0 fully saturated rings. The monoisotopic (exact) mass is 298 g/mol. The second-order valence-electron chi connectivity index (χ2n) is 4.57. The fraction of sp³-hybridized carbons (Fsp3) is 0.267. The van der Waals surface area contributed by atoms with Gasteiger partial charge in [-0.05, 0) is 23.3 Å². The average molecular weight is 298 g/mol. The number of aromatic nitrogens is 1. The summed E-state index contributed by atoms with van der Waals surface area (Å²) in [4.78, 5) is 3.86. The summed E-state index contributed by atoms with van der Waals surface area (Å²) in [6.45, 7) is -1.10. The van der Waals surface area contributed by atoms with E-state index in [1.165, 1.54) is 12.4 Å². The Hall–Kier alpha value is -1.95. The molecule has 1 N–H and O–H groups in total. The Kier molecular flexibility index (Phi) is 4.90. The molecule has 0 saturated heterocycles. The van der Waals surface area contributed by atoms with Crippen molar-refractivity contribution in [2.75, 3.05) is 6.54 Å². The lowest BCUT2D eigenvalue weighted by Gasteiger charge is -2.23. The molecule has 0 bridgehead atoms. The summed E-state index contributed by atoms with van der Waals surface area (Å²) in [6.07, 6.45) is -0.643. The first-order valence-corrected chi connectivity index (χ1v) is 6.35. The lowest BCUT2D eigenvalue weighted by atomic mass is 9.99. The minimum absolute atomic E-state index is 0.598. The smallest absolute Gasteiger partial charge is 0.300 e. The molecule has 1 unspecified atom stereocenters. The topological polar surface area (TPSA) is 24.9 Å². The van der Waals surface area contributed by atoms with Crippen LogP contribution < -0.4 is 5.32 Å². The number of benzene rings is 1. The maximum Gasteiger partial charge on any atom is 0.319 e. The van der Waals surface area contributed by atoms with Crippen LogP contribution in [0.3, 0.4) is 0 Å². The van der Waals surface area contributed by atoms with Crippen molar-refractivity contribution in [3.05, 3.63) is 66.0 Å². The van der Waals surface area contributed by atoms with Crippen molar-refractivity contribution < 1.29 is 17.6 Å². The molecule has 112 valence electrons. The van der Waals surface area contributed by atoms with Crippen molar-refractivity contribution >= 4 is 0 Å². The van der Waals surface area contributed by atoms with E-state index in [1.54, 1.807) is 42.5 Å². The van der Waals surface area contributed by atoms with Gasteiger partial charge >= 0.3 is 12.3 Å². The van der Waals surface area contributed by atoms with Crippen molar-refractivity contribution in [3.63, 3.8) is 0 Å². The lowest BCUT2D eigenvalue weighted by Crippen LogP contribution is -2.40. The Labute approximate surface area is 119 Å². The predicted octanol–water partition coefficient (Wildman–Crippen LogP) is 3.66. The van der Waals surface area contributed by atoms with Gasteiger partial charge in [0, 0.05) is 12.4 Å². The van der Waals surface area contributed by atoms with Crippen LogP contribution in [0.15, 0.2) is 54.9 Å². The largest absolute Gasteiger partial charge is 0.319 e. The first kappa shape index (κ1) is 15.4. The quantitative estimate of drug-likeness (QED) is 0.823. The lowest BCUT2D eigenvalue weighted by molar-refractivity contribution is -0.125. The van der Waals surface area contributed by atoms with Crippen molar-refractivity contribution in [1.82, 2.24) is 10.3 Å².